The highest BCUT2D eigenvalue weighted by molar-refractivity contribution is 5.59. The second-order valence-electron chi connectivity index (χ2n) is 3.60. The van der Waals surface area contributed by atoms with Gasteiger partial charge in [0.25, 0.3) is 0 Å². The van der Waals surface area contributed by atoms with Crippen molar-refractivity contribution in [3.8, 4) is 5.75 Å². The molecule has 0 saturated heterocycles. The molecule has 1 unspecified atom stereocenters. The maximum Gasteiger partial charge on any atom is 0.573 e. The first-order valence-electron chi connectivity index (χ1n) is 5.01. The third-order valence-electron chi connectivity index (χ3n) is 2.32. The standard InChI is InChI=1S/C12H13F3O2/c1-3-9-5-4-6-10(8(2)7-16)11(9)17-12(13,14)15/h3-6,8,16H,1,7H2,2H3. The Kier molecular flexibility index (Phi) is 4.17. The van der Waals surface area contributed by atoms with Gasteiger partial charge < -0.3 is 9.84 Å². The average molecular weight is 246 g/mol. The lowest BCUT2D eigenvalue weighted by Gasteiger charge is -2.18. The summed E-state index contributed by atoms with van der Waals surface area (Å²) in [5.41, 5.74) is 0.558. The molecular formula is C12H13F3O2. The summed E-state index contributed by atoms with van der Waals surface area (Å²) in [6.07, 6.45) is -3.47. The van der Waals surface area contributed by atoms with E-state index in [-0.39, 0.29) is 17.9 Å². The first kappa shape index (κ1) is 13.6. The van der Waals surface area contributed by atoms with Crippen LogP contribution < -0.4 is 4.74 Å². The van der Waals surface area contributed by atoms with E-state index in [4.69, 9.17) is 5.11 Å². The van der Waals surface area contributed by atoms with Crippen molar-refractivity contribution in [3.63, 3.8) is 0 Å². The van der Waals surface area contributed by atoms with Crippen LogP contribution >= 0.6 is 0 Å². The molecule has 5 heteroatoms. The van der Waals surface area contributed by atoms with Crippen LogP contribution in [0.25, 0.3) is 6.08 Å². The minimum atomic E-state index is -4.76. The van der Waals surface area contributed by atoms with E-state index in [1.807, 2.05) is 0 Å². The monoisotopic (exact) mass is 246 g/mol. The fourth-order valence-electron chi connectivity index (χ4n) is 1.45. The highest BCUT2D eigenvalue weighted by Gasteiger charge is 2.33. The molecule has 0 bridgehead atoms. The van der Waals surface area contributed by atoms with Crippen molar-refractivity contribution in [2.24, 2.45) is 0 Å². The molecule has 94 valence electrons. The Hall–Kier alpha value is -1.49. The third kappa shape index (κ3) is 3.49. The number of alkyl halides is 3. The van der Waals surface area contributed by atoms with Gasteiger partial charge in [-0.05, 0) is 0 Å². The number of benzene rings is 1. The van der Waals surface area contributed by atoms with Crippen LogP contribution in [0.2, 0.25) is 0 Å². The fraction of sp³-hybridized carbons (Fsp3) is 0.333. The number of para-hydroxylation sites is 1. The second-order valence-corrected chi connectivity index (χ2v) is 3.60. The molecule has 0 aliphatic heterocycles. The van der Waals surface area contributed by atoms with E-state index in [0.29, 0.717) is 5.56 Å². The van der Waals surface area contributed by atoms with Gasteiger partial charge in [-0.1, -0.05) is 37.8 Å². The molecule has 0 saturated carbocycles. The Labute approximate surface area is 97.3 Å². The van der Waals surface area contributed by atoms with Crippen molar-refractivity contribution >= 4 is 6.08 Å². The lowest BCUT2D eigenvalue weighted by Crippen LogP contribution is -2.19. The van der Waals surface area contributed by atoms with Crippen molar-refractivity contribution in [3.05, 3.63) is 35.9 Å². The maximum absolute atomic E-state index is 12.3. The number of aliphatic hydroxyl groups excluding tert-OH is 1. The molecule has 2 nitrogen and oxygen atoms in total. The normalized spacial score (nSPS) is 13.2. The molecule has 1 aromatic rings. The van der Waals surface area contributed by atoms with E-state index in [1.165, 1.54) is 18.2 Å². The highest BCUT2D eigenvalue weighted by atomic mass is 19.4. The zero-order valence-electron chi connectivity index (χ0n) is 9.29. The van der Waals surface area contributed by atoms with Crippen molar-refractivity contribution in [2.45, 2.75) is 19.2 Å². The van der Waals surface area contributed by atoms with Crippen LogP contribution in [0.5, 0.6) is 5.75 Å². The van der Waals surface area contributed by atoms with Gasteiger partial charge in [0.15, 0.2) is 0 Å². The molecule has 17 heavy (non-hydrogen) atoms. The second kappa shape index (κ2) is 5.23. The van der Waals surface area contributed by atoms with Gasteiger partial charge in [-0.15, -0.1) is 13.2 Å². The zero-order chi connectivity index (χ0) is 13.1. The Morgan fingerprint density at radius 2 is 2.12 bits per heavy atom. The van der Waals surface area contributed by atoms with Crippen LogP contribution in [-0.2, 0) is 0 Å². The summed E-state index contributed by atoms with van der Waals surface area (Å²) in [4.78, 5) is 0. The topological polar surface area (TPSA) is 29.5 Å². The molecule has 1 N–H and O–H groups in total. The van der Waals surface area contributed by atoms with Gasteiger partial charge >= 0.3 is 6.36 Å². The lowest BCUT2D eigenvalue weighted by molar-refractivity contribution is -0.275. The summed E-state index contributed by atoms with van der Waals surface area (Å²) >= 11 is 0. The summed E-state index contributed by atoms with van der Waals surface area (Å²) in [6, 6.07) is 4.57. The van der Waals surface area contributed by atoms with Gasteiger partial charge in [0.05, 0.1) is 0 Å². The van der Waals surface area contributed by atoms with Crippen LogP contribution in [0, 0.1) is 0 Å². The van der Waals surface area contributed by atoms with Crippen LogP contribution in [0.1, 0.15) is 24.0 Å². The molecule has 0 aliphatic rings. The van der Waals surface area contributed by atoms with Crippen LogP contribution in [0.4, 0.5) is 13.2 Å². The summed E-state index contributed by atoms with van der Waals surface area (Å²) in [5.74, 6) is -0.733. The van der Waals surface area contributed by atoms with Crippen molar-refractivity contribution in [1.29, 1.82) is 0 Å². The van der Waals surface area contributed by atoms with Crippen LogP contribution in [-0.4, -0.2) is 18.1 Å². The Morgan fingerprint density at radius 3 is 2.59 bits per heavy atom. The van der Waals surface area contributed by atoms with E-state index < -0.39 is 12.3 Å². The largest absolute Gasteiger partial charge is 0.573 e. The first-order valence-corrected chi connectivity index (χ1v) is 5.01. The van der Waals surface area contributed by atoms with Crippen molar-refractivity contribution in [1.82, 2.24) is 0 Å². The van der Waals surface area contributed by atoms with Crippen LogP contribution in [0.3, 0.4) is 0 Å². The molecule has 0 aliphatic carbocycles. The van der Waals surface area contributed by atoms with E-state index >= 15 is 0 Å². The van der Waals surface area contributed by atoms with Gasteiger partial charge in [0.2, 0.25) is 0 Å². The smallest absolute Gasteiger partial charge is 0.405 e. The summed E-state index contributed by atoms with van der Waals surface area (Å²) in [7, 11) is 0. The van der Waals surface area contributed by atoms with E-state index in [1.54, 1.807) is 13.0 Å². The number of hydrogen-bond donors (Lipinski definition) is 1. The zero-order valence-corrected chi connectivity index (χ0v) is 9.29. The summed E-state index contributed by atoms with van der Waals surface area (Å²) in [6.45, 7) is 4.80. The SMILES string of the molecule is C=Cc1cccc(C(C)CO)c1OC(F)(F)F. The van der Waals surface area contributed by atoms with Gasteiger partial charge in [-0.25, -0.2) is 0 Å². The van der Waals surface area contributed by atoms with Crippen LogP contribution in [0.15, 0.2) is 24.8 Å². The number of aliphatic hydroxyl groups is 1. The predicted molar refractivity (Wildman–Crippen MR) is 58.7 cm³/mol. The number of hydrogen-bond acceptors (Lipinski definition) is 2. The Morgan fingerprint density at radius 1 is 1.47 bits per heavy atom. The Bertz CT molecular complexity index is 399. The molecule has 0 heterocycles. The molecular weight excluding hydrogens is 233 g/mol. The van der Waals surface area contributed by atoms with Gasteiger partial charge in [-0.2, -0.15) is 0 Å². The summed E-state index contributed by atoms with van der Waals surface area (Å²) in [5, 5.41) is 9.01. The third-order valence-corrected chi connectivity index (χ3v) is 2.32. The van der Waals surface area contributed by atoms with E-state index in [9.17, 15) is 13.2 Å². The van der Waals surface area contributed by atoms with E-state index in [0.717, 1.165) is 0 Å². The molecule has 1 rings (SSSR count). The molecule has 0 fully saturated rings. The first-order chi connectivity index (χ1) is 7.89. The Balaban J connectivity index is 3.25. The molecule has 0 radical (unpaired) electrons. The van der Waals surface area contributed by atoms with Crippen molar-refractivity contribution in [2.75, 3.05) is 6.61 Å². The average Bonchev–Trinajstić information content (AvgIpc) is 2.26. The number of ether oxygens (including phenoxy) is 1. The molecule has 0 aromatic heterocycles. The quantitative estimate of drug-likeness (QED) is 0.883. The lowest BCUT2D eigenvalue weighted by atomic mass is 9.98. The fourth-order valence-corrected chi connectivity index (χ4v) is 1.45. The molecule has 0 spiro atoms. The highest BCUT2D eigenvalue weighted by Crippen LogP contribution is 2.34. The summed E-state index contributed by atoms with van der Waals surface area (Å²) < 4.78 is 40.9. The van der Waals surface area contributed by atoms with Crippen molar-refractivity contribution < 1.29 is 23.0 Å². The molecule has 1 atom stereocenters. The van der Waals surface area contributed by atoms with Gasteiger partial charge in [0, 0.05) is 23.7 Å². The number of rotatable bonds is 4. The molecule has 0 amide bonds. The number of halogens is 3. The van der Waals surface area contributed by atoms with Gasteiger partial charge in [-0.3, -0.25) is 0 Å². The minimum Gasteiger partial charge on any atom is -0.405 e. The molecule has 1 aromatic carbocycles. The van der Waals surface area contributed by atoms with Gasteiger partial charge in [0.1, 0.15) is 5.75 Å². The van der Waals surface area contributed by atoms with E-state index in [2.05, 4.69) is 11.3 Å². The predicted octanol–water partition coefficient (Wildman–Crippen LogP) is 3.32. The maximum atomic E-state index is 12.3. The minimum absolute atomic E-state index is 0.250.